The number of carbonyl (C=O) groups excluding carboxylic acids is 7. The number of carbonyl (C=O) groups is 7. The molecule has 0 aromatic heterocycles. The minimum Gasteiger partial charge on any atom is -0.372 e. The number of benzene rings is 3. The standard InChI is InChI=1S/C46H58N6O8/c1-4-5-24-35(41(54)45(58)48-26-37(53)50-39(42(47)55)32-20-11-7-12-21-32)49-43(56)36-25-34(60-28-31-18-9-6-10-19-31)27-52(36)46(59)40(33-22-13-8-14-23-33)51-44(57)38-29(2)16-15-17-30(38)3/h6-7,9-12,15-21,33-36,39-40H,4-5,8,13-14,22-28H2,1-3H3,(H2,47,55)(H,48,58)(H,49,56)(H,50,53)(H,51,57). The van der Waals surface area contributed by atoms with Crippen LogP contribution >= 0.6 is 0 Å². The molecule has 1 saturated carbocycles. The lowest BCUT2D eigenvalue weighted by atomic mass is 9.83. The first kappa shape index (κ1) is 45.2. The van der Waals surface area contributed by atoms with Gasteiger partial charge in [0, 0.05) is 18.5 Å². The number of amides is 6. The molecular weight excluding hydrogens is 765 g/mol. The van der Waals surface area contributed by atoms with Crippen LogP contribution in [0.4, 0.5) is 0 Å². The Morgan fingerprint density at radius 1 is 0.817 bits per heavy atom. The highest BCUT2D eigenvalue weighted by atomic mass is 16.5. The third-order valence-corrected chi connectivity index (χ3v) is 11.4. The number of ketones is 1. The number of likely N-dealkylation sites (tertiary alicyclic amines) is 1. The molecule has 5 atom stereocenters. The number of primary amides is 1. The van der Waals surface area contributed by atoms with Gasteiger partial charge < -0.3 is 36.6 Å². The van der Waals surface area contributed by atoms with E-state index in [4.69, 9.17) is 10.5 Å². The van der Waals surface area contributed by atoms with Crippen LogP contribution in [0.3, 0.4) is 0 Å². The van der Waals surface area contributed by atoms with E-state index in [1.807, 2.05) is 69.3 Å². The van der Waals surface area contributed by atoms with Crippen LogP contribution in [-0.4, -0.2) is 83.4 Å². The van der Waals surface area contributed by atoms with E-state index in [1.165, 1.54) is 4.90 Å². The van der Waals surface area contributed by atoms with Crippen LogP contribution < -0.4 is 27.0 Å². The van der Waals surface area contributed by atoms with Crippen molar-refractivity contribution in [3.63, 3.8) is 0 Å². The zero-order valence-corrected chi connectivity index (χ0v) is 34.7. The van der Waals surface area contributed by atoms with Gasteiger partial charge in [0.15, 0.2) is 0 Å². The Hall–Kier alpha value is -5.89. The molecule has 0 bridgehead atoms. The summed E-state index contributed by atoms with van der Waals surface area (Å²) in [5.74, 6) is -5.18. The predicted octanol–water partition coefficient (Wildman–Crippen LogP) is 3.87. The average molecular weight is 823 g/mol. The second-order valence-electron chi connectivity index (χ2n) is 15.8. The number of nitrogens with one attached hydrogen (secondary N) is 4. The smallest absolute Gasteiger partial charge is 0.290 e. The molecule has 5 unspecified atom stereocenters. The molecule has 1 saturated heterocycles. The fourth-order valence-corrected chi connectivity index (χ4v) is 8.14. The fourth-order valence-electron chi connectivity index (χ4n) is 8.14. The lowest BCUT2D eigenvalue weighted by molar-refractivity contribution is -0.143. The van der Waals surface area contributed by atoms with Gasteiger partial charge in [-0.2, -0.15) is 0 Å². The number of unbranched alkanes of at least 4 members (excludes halogenated alkanes) is 1. The highest BCUT2D eigenvalue weighted by molar-refractivity contribution is 6.38. The summed E-state index contributed by atoms with van der Waals surface area (Å²) in [7, 11) is 0. The van der Waals surface area contributed by atoms with Gasteiger partial charge in [-0.05, 0) is 61.3 Å². The third kappa shape index (κ3) is 12.1. The molecule has 1 aliphatic heterocycles. The number of aryl methyl sites for hydroxylation is 2. The summed E-state index contributed by atoms with van der Waals surface area (Å²) >= 11 is 0. The van der Waals surface area contributed by atoms with Gasteiger partial charge in [-0.1, -0.05) is 118 Å². The molecule has 0 spiro atoms. The van der Waals surface area contributed by atoms with Gasteiger partial charge in [0.25, 0.3) is 11.8 Å². The second kappa shape index (κ2) is 21.9. The van der Waals surface area contributed by atoms with Gasteiger partial charge in [0.1, 0.15) is 18.1 Å². The largest absolute Gasteiger partial charge is 0.372 e. The van der Waals surface area contributed by atoms with Gasteiger partial charge in [-0.15, -0.1) is 0 Å². The van der Waals surface area contributed by atoms with Gasteiger partial charge in [0.05, 0.1) is 25.3 Å². The molecule has 3 aromatic carbocycles. The highest BCUT2D eigenvalue weighted by Crippen LogP contribution is 2.31. The van der Waals surface area contributed by atoms with Gasteiger partial charge >= 0.3 is 0 Å². The Kier molecular flexibility index (Phi) is 16.5. The molecule has 1 heterocycles. The van der Waals surface area contributed by atoms with Gasteiger partial charge in [-0.25, -0.2) is 0 Å². The number of nitrogens with zero attached hydrogens (tertiary/aromatic N) is 1. The fraction of sp³-hybridized carbons (Fsp3) is 0.457. The summed E-state index contributed by atoms with van der Waals surface area (Å²) in [5, 5.41) is 10.6. The van der Waals surface area contributed by atoms with E-state index in [2.05, 4.69) is 21.3 Å². The molecule has 0 radical (unpaired) electrons. The molecule has 1 aliphatic carbocycles. The van der Waals surface area contributed by atoms with Crippen LogP contribution in [0.25, 0.3) is 0 Å². The monoisotopic (exact) mass is 822 g/mol. The van der Waals surface area contributed by atoms with Crippen LogP contribution in [0.5, 0.6) is 0 Å². The van der Waals surface area contributed by atoms with Crippen molar-refractivity contribution in [2.45, 2.75) is 115 Å². The Morgan fingerprint density at radius 2 is 1.47 bits per heavy atom. The first-order chi connectivity index (χ1) is 28.9. The maximum Gasteiger partial charge on any atom is 0.290 e. The summed E-state index contributed by atoms with van der Waals surface area (Å²) in [5.41, 5.74) is 8.94. The minimum atomic E-state index is -1.26. The summed E-state index contributed by atoms with van der Waals surface area (Å²) in [6.45, 7) is 5.30. The van der Waals surface area contributed by atoms with E-state index in [9.17, 15) is 33.6 Å². The van der Waals surface area contributed by atoms with Gasteiger partial charge in [-0.3, -0.25) is 33.6 Å². The minimum absolute atomic E-state index is 0.0741. The molecule has 14 heteroatoms. The summed E-state index contributed by atoms with van der Waals surface area (Å²) < 4.78 is 6.28. The van der Waals surface area contributed by atoms with Crippen molar-refractivity contribution >= 4 is 41.2 Å². The third-order valence-electron chi connectivity index (χ3n) is 11.4. The van der Waals surface area contributed by atoms with Crippen molar-refractivity contribution in [3.8, 4) is 0 Å². The number of hydrogen-bond donors (Lipinski definition) is 5. The zero-order chi connectivity index (χ0) is 43.2. The van der Waals surface area contributed by atoms with Crippen molar-refractivity contribution < 1.29 is 38.3 Å². The SMILES string of the molecule is CCCCC(NC(=O)C1CC(OCc2ccccc2)CN1C(=O)C(NC(=O)c1c(C)cccc1C)C1CCCCC1)C(=O)C(=O)NCC(=O)NC(C(N)=O)c1ccccc1. The van der Waals surface area contributed by atoms with Crippen molar-refractivity contribution in [2.75, 3.05) is 13.1 Å². The van der Waals surface area contributed by atoms with Crippen molar-refractivity contribution in [3.05, 3.63) is 107 Å². The normalized spacial score (nSPS) is 18.1. The van der Waals surface area contributed by atoms with Crippen LogP contribution in [0.1, 0.15) is 103 Å². The molecule has 2 aliphatic rings. The summed E-state index contributed by atoms with van der Waals surface area (Å²) in [6.07, 6.45) is 5.16. The van der Waals surface area contributed by atoms with Crippen LogP contribution in [0, 0.1) is 19.8 Å². The van der Waals surface area contributed by atoms with Crippen molar-refractivity contribution in [1.82, 2.24) is 26.2 Å². The van der Waals surface area contributed by atoms with Crippen LogP contribution in [0.2, 0.25) is 0 Å². The molecule has 14 nitrogen and oxygen atoms in total. The number of Topliss-reactive ketones (excluding diaryl/α,β-unsaturated/α-hetero) is 1. The second-order valence-corrected chi connectivity index (χ2v) is 15.8. The zero-order valence-electron chi connectivity index (χ0n) is 34.7. The maximum absolute atomic E-state index is 14.9. The van der Waals surface area contributed by atoms with E-state index in [0.29, 0.717) is 24.0 Å². The number of ether oxygens (including phenoxy) is 1. The molecule has 320 valence electrons. The van der Waals surface area contributed by atoms with E-state index in [0.717, 1.165) is 48.8 Å². The van der Waals surface area contributed by atoms with E-state index < -0.39 is 72.1 Å². The lowest BCUT2D eigenvalue weighted by Crippen LogP contribution is -2.58. The molecular formula is C46H58N6O8. The van der Waals surface area contributed by atoms with Crippen LogP contribution in [-0.2, 0) is 40.1 Å². The molecule has 5 rings (SSSR count). The van der Waals surface area contributed by atoms with E-state index >= 15 is 0 Å². The first-order valence-electron chi connectivity index (χ1n) is 21.0. The van der Waals surface area contributed by atoms with Gasteiger partial charge in [0.2, 0.25) is 29.4 Å². The Balaban J connectivity index is 1.34. The number of hydrogen-bond acceptors (Lipinski definition) is 8. The number of rotatable bonds is 19. The molecule has 6 N–H and O–H groups in total. The molecule has 2 fully saturated rings. The first-order valence-corrected chi connectivity index (χ1v) is 21.0. The Bertz CT molecular complexity index is 1970. The predicted molar refractivity (Wildman–Crippen MR) is 225 cm³/mol. The molecule has 60 heavy (non-hydrogen) atoms. The topological polar surface area (TPSA) is 206 Å². The van der Waals surface area contributed by atoms with Crippen molar-refractivity contribution in [2.24, 2.45) is 11.7 Å². The van der Waals surface area contributed by atoms with E-state index in [1.54, 1.807) is 30.3 Å². The summed E-state index contributed by atoms with van der Waals surface area (Å²) in [4.78, 5) is 96.3. The molecule has 3 aromatic rings. The number of nitrogens with two attached hydrogens (primary N) is 1. The van der Waals surface area contributed by atoms with Crippen molar-refractivity contribution in [1.29, 1.82) is 0 Å². The maximum atomic E-state index is 14.9. The highest BCUT2D eigenvalue weighted by Gasteiger charge is 2.45. The Labute approximate surface area is 351 Å². The summed E-state index contributed by atoms with van der Waals surface area (Å²) in [6, 6.07) is 19.0. The molecule has 6 amide bonds. The lowest BCUT2D eigenvalue weighted by Gasteiger charge is -2.35. The quantitative estimate of drug-likeness (QED) is 0.112. The van der Waals surface area contributed by atoms with Crippen LogP contribution in [0.15, 0.2) is 78.9 Å². The van der Waals surface area contributed by atoms with E-state index in [-0.39, 0.29) is 37.8 Å². The Morgan fingerprint density at radius 3 is 2.10 bits per heavy atom. The average Bonchev–Trinajstić information content (AvgIpc) is 3.69.